The highest BCUT2D eigenvalue weighted by molar-refractivity contribution is 8.00. The summed E-state index contributed by atoms with van der Waals surface area (Å²) in [5, 5.41) is 2.81. The van der Waals surface area contributed by atoms with Gasteiger partial charge in [-0.2, -0.15) is 0 Å². The number of ether oxygens (including phenoxy) is 1. The molecule has 0 unspecified atom stereocenters. The van der Waals surface area contributed by atoms with E-state index in [-0.39, 0.29) is 17.4 Å². The van der Waals surface area contributed by atoms with E-state index in [2.05, 4.69) is 5.32 Å². The Hall–Kier alpha value is -2.47. The van der Waals surface area contributed by atoms with E-state index in [1.807, 2.05) is 54.6 Å². The standard InChI is InChI=1S/C17H18N2O3S/c18-16(20)11-23-12-17(21)19-10-13-6-4-5-9-15(13)22-14-7-2-1-3-8-14/h1-9H,10-12H2,(H2,18,20)(H,19,21). The van der Waals surface area contributed by atoms with Gasteiger partial charge in [0.15, 0.2) is 0 Å². The quantitative estimate of drug-likeness (QED) is 0.778. The second-order valence-electron chi connectivity index (χ2n) is 4.76. The van der Waals surface area contributed by atoms with Gasteiger partial charge in [0.2, 0.25) is 11.8 Å². The summed E-state index contributed by atoms with van der Waals surface area (Å²) in [6, 6.07) is 17.0. The summed E-state index contributed by atoms with van der Waals surface area (Å²) in [5.74, 6) is 1.20. The van der Waals surface area contributed by atoms with E-state index in [1.165, 1.54) is 11.8 Å². The van der Waals surface area contributed by atoms with E-state index in [9.17, 15) is 9.59 Å². The Balaban J connectivity index is 1.90. The first kappa shape index (κ1) is 16.9. The lowest BCUT2D eigenvalue weighted by Crippen LogP contribution is -2.25. The number of para-hydroxylation sites is 2. The lowest BCUT2D eigenvalue weighted by Gasteiger charge is -2.12. The van der Waals surface area contributed by atoms with Crippen LogP contribution in [0.5, 0.6) is 11.5 Å². The summed E-state index contributed by atoms with van der Waals surface area (Å²) in [5.41, 5.74) is 5.91. The van der Waals surface area contributed by atoms with Gasteiger partial charge in [-0.1, -0.05) is 36.4 Å². The Labute approximate surface area is 139 Å². The number of benzene rings is 2. The van der Waals surface area contributed by atoms with Gasteiger partial charge in [0.05, 0.1) is 11.5 Å². The zero-order valence-electron chi connectivity index (χ0n) is 12.5. The molecule has 2 aromatic carbocycles. The number of hydrogen-bond donors (Lipinski definition) is 2. The van der Waals surface area contributed by atoms with Crippen molar-refractivity contribution in [3.05, 3.63) is 60.2 Å². The molecule has 2 rings (SSSR count). The average molecular weight is 330 g/mol. The molecule has 0 bridgehead atoms. The molecule has 2 amide bonds. The van der Waals surface area contributed by atoms with Crippen molar-refractivity contribution in [2.75, 3.05) is 11.5 Å². The lowest BCUT2D eigenvalue weighted by atomic mass is 10.2. The van der Waals surface area contributed by atoms with Crippen LogP contribution >= 0.6 is 11.8 Å². The summed E-state index contributed by atoms with van der Waals surface area (Å²) in [6.07, 6.45) is 0. The maximum Gasteiger partial charge on any atom is 0.230 e. The smallest absolute Gasteiger partial charge is 0.230 e. The van der Waals surface area contributed by atoms with Crippen LogP contribution in [0.1, 0.15) is 5.56 Å². The summed E-state index contributed by atoms with van der Waals surface area (Å²) in [4.78, 5) is 22.4. The van der Waals surface area contributed by atoms with Gasteiger partial charge in [-0.25, -0.2) is 0 Å². The monoisotopic (exact) mass is 330 g/mol. The summed E-state index contributed by atoms with van der Waals surface area (Å²) >= 11 is 1.19. The maximum absolute atomic E-state index is 11.7. The number of nitrogens with one attached hydrogen (secondary N) is 1. The second-order valence-corrected chi connectivity index (χ2v) is 5.74. The van der Waals surface area contributed by atoms with Crippen LogP contribution in [-0.2, 0) is 16.1 Å². The molecule has 0 aliphatic carbocycles. The first-order valence-electron chi connectivity index (χ1n) is 7.08. The Morgan fingerprint density at radius 3 is 2.43 bits per heavy atom. The van der Waals surface area contributed by atoms with Crippen LogP contribution in [0.2, 0.25) is 0 Å². The molecule has 2 aromatic rings. The minimum Gasteiger partial charge on any atom is -0.457 e. The van der Waals surface area contributed by atoms with Gasteiger partial charge in [0.25, 0.3) is 0 Å². The van der Waals surface area contributed by atoms with Crippen molar-refractivity contribution < 1.29 is 14.3 Å². The summed E-state index contributed by atoms with van der Waals surface area (Å²) < 4.78 is 5.84. The van der Waals surface area contributed by atoms with Crippen LogP contribution in [-0.4, -0.2) is 23.3 Å². The molecule has 0 aliphatic rings. The van der Waals surface area contributed by atoms with E-state index in [4.69, 9.17) is 10.5 Å². The zero-order chi connectivity index (χ0) is 16.5. The minimum absolute atomic E-state index is 0.140. The molecule has 0 saturated heterocycles. The lowest BCUT2D eigenvalue weighted by molar-refractivity contribution is -0.118. The number of carbonyl (C=O) groups is 2. The number of amides is 2. The molecule has 120 valence electrons. The second kappa shape index (κ2) is 8.85. The van der Waals surface area contributed by atoms with Crippen LogP contribution in [0, 0.1) is 0 Å². The molecule has 0 radical (unpaired) electrons. The molecule has 6 heteroatoms. The van der Waals surface area contributed by atoms with Gasteiger partial charge in [-0.15, -0.1) is 11.8 Å². The van der Waals surface area contributed by atoms with Crippen LogP contribution in [0.3, 0.4) is 0 Å². The molecule has 0 aliphatic heterocycles. The molecule has 0 aromatic heterocycles. The van der Waals surface area contributed by atoms with Crippen molar-refractivity contribution >= 4 is 23.6 Å². The van der Waals surface area contributed by atoms with Crippen LogP contribution in [0.25, 0.3) is 0 Å². The molecule has 0 fully saturated rings. The van der Waals surface area contributed by atoms with Gasteiger partial charge in [-0.3, -0.25) is 9.59 Å². The van der Waals surface area contributed by atoms with E-state index in [0.29, 0.717) is 12.3 Å². The summed E-state index contributed by atoms with van der Waals surface area (Å²) in [7, 11) is 0. The Morgan fingerprint density at radius 1 is 1.00 bits per heavy atom. The van der Waals surface area contributed by atoms with Crippen molar-refractivity contribution in [2.24, 2.45) is 5.73 Å². The van der Waals surface area contributed by atoms with E-state index in [1.54, 1.807) is 0 Å². The fraction of sp³-hybridized carbons (Fsp3) is 0.176. The predicted molar refractivity (Wildman–Crippen MR) is 91.3 cm³/mol. The molecule has 0 saturated carbocycles. The number of carbonyl (C=O) groups excluding carboxylic acids is 2. The molecule has 0 heterocycles. The van der Waals surface area contributed by atoms with Crippen LogP contribution in [0.4, 0.5) is 0 Å². The van der Waals surface area contributed by atoms with E-state index in [0.717, 1.165) is 11.3 Å². The van der Waals surface area contributed by atoms with Crippen LogP contribution < -0.4 is 15.8 Å². The van der Waals surface area contributed by atoms with Crippen molar-refractivity contribution in [3.8, 4) is 11.5 Å². The van der Waals surface area contributed by atoms with E-state index >= 15 is 0 Å². The fourth-order valence-corrected chi connectivity index (χ4v) is 2.44. The Bertz CT molecular complexity index is 662. The maximum atomic E-state index is 11.7. The summed E-state index contributed by atoms with van der Waals surface area (Å²) in [6.45, 7) is 0.360. The highest BCUT2D eigenvalue weighted by Gasteiger charge is 2.07. The highest BCUT2D eigenvalue weighted by atomic mass is 32.2. The fourth-order valence-electron chi connectivity index (χ4n) is 1.85. The number of hydrogen-bond acceptors (Lipinski definition) is 4. The molecular formula is C17H18N2O3S. The predicted octanol–water partition coefficient (Wildman–Crippen LogP) is 2.31. The largest absolute Gasteiger partial charge is 0.457 e. The molecule has 23 heavy (non-hydrogen) atoms. The molecule has 0 atom stereocenters. The van der Waals surface area contributed by atoms with Crippen LogP contribution in [0.15, 0.2) is 54.6 Å². The van der Waals surface area contributed by atoms with Crippen molar-refractivity contribution in [2.45, 2.75) is 6.54 Å². The first-order valence-corrected chi connectivity index (χ1v) is 8.24. The van der Waals surface area contributed by atoms with Gasteiger partial charge in [-0.05, 0) is 18.2 Å². The number of nitrogens with two attached hydrogens (primary N) is 1. The SMILES string of the molecule is NC(=O)CSCC(=O)NCc1ccccc1Oc1ccccc1. The zero-order valence-corrected chi connectivity index (χ0v) is 13.3. The third-order valence-corrected chi connectivity index (χ3v) is 3.85. The number of primary amides is 1. The Kier molecular flexibility index (Phi) is 6.50. The number of thioether (sulfide) groups is 1. The molecule has 0 spiro atoms. The van der Waals surface area contributed by atoms with Crippen molar-refractivity contribution in [1.82, 2.24) is 5.32 Å². The molecule has 3 N–H and O–H groups in total. The molecule has 5 nitrogen and oxygen atoms in total. The minimum atomic E-state index is -0.426. The molecular weight excluding hydrogens is 312 g/mol. The van der Waals surface area contributed by atoms with E-state index < -0.39 is 5.91 Å². The average Bonchev–Trinajstić information content (AvgIpc) is 2.55. The normalized spacial score (nSPS) is 10.1. The first-order chi connectivity index (χ1) is 11.1. The topological polar surface area (TPSA) is 81.4 Å². The van der Waals surface area contributed by atoms with Gasteiger partial charge in [0, 0.05) is 12.1 Å². The Morgan fingerprint density at radius 2 is 1.70 bits per heavy atom. The third kappa shape index (κ3) is 6.04. The number of rotatable bonds is 8. The van der Waals surface area contributed by atoms with Crippen molar-refractivity contribution in [3.63, 3.8) is 0 Å². The van der Waals surface area contributed by atoms with Crippen molar-refractivity contribution in [1.29, 1.82) is 0 Å². The van der Waals surface area contributed by atoms with Gasteiger partial charge >= 0.3 is 0 Å². The van der Waals surface area contributed by atoms with Gasteiger partial charge in [0.1, 0.15) is 11.5 Å². The van der Waals surface area contributed by atoms with Gasteiger partial charge < -0.3 is 15.8 Å². The highest BCUT2D eigenvalue weighted by Crippen LogP contribution is 2.24. The third-order valence-electron chi connectivity index (χ3n) is 2.90.